The summed E-state index contributed by atoms with van der Waals surface area (Å²) in [6, 6.07) is 6.67. The zero-order valence-electron chi connectivity index (χ0n) is 16.5. The zero-order chi connectivity index (χ0) is 19.9. The molecule has 1 aromatic rings. The fourth-order valence-electron chi connectivity index (χ4n) is 5.99. The van der Waals surface area contributed by atoms with Crippen molar-refractivity contribution in [2.24, 2.45) is 23.2 Å². The summed E-state index contributed by atoms with van der Waals surface area (Å²) in [5, 5.41) is 0. The molecular weight excluding hydrogens is 358 g/mol. The topological polar surface area (TPSA) is 72.9 Å². The fraction of sp³-hybridized carbons (Fsp3) is 0.591. The van der Waals surface area contributed by atoms with Crippen LogP contribution in [0.5, 0.6) is 0 Å². The second-order valence-corrected chi connectivity index (χ2v) is 8.74. The highest BCUT2D eigenvalue weighted by Gasteiger charge is 2.54. The first-order valence-corrected chi connectivity index (χ1v) is 10.0. The van der Waals surface area contributed by atoms with Crippen molar-refractivity contribution in [3.05, 3.63) is 29.8 Å². The standard InChI is InChI=1S/C22H27NO5/c1-23(21(26)27-2)18-6-4-3-5-17(18)20(25)28-13-19(24)22-10-14-7-15(11-22)9-16(8-14)12-22/h3-6,14-16H,7-13H2,1-2H3. The van der Waals surface area contributed by atoms with E-state index in [-0.39, 0.29) is 23.4 Å². The van der Waals surface area contributed by atoms with Crippen molar-refractivity contribution < 1.29 is 23.9 Å². The van der Waals surface area contributed by atoms with E-state index in [9.17, 15) is 14.4 Å². The molecule has 28 heavy (non-hydrogen) atoms. The highest BCUT2D eigenvalue weighted by atomic mass is 16.5. The molecule has 0 aliphatic heterocycles. The van der Waals surface area contributed by atoms with Crippen molar-refractivity contribution in [3.63, 3.8) is 0 Å². The number of carbonyl (C=O) groups is 3. The Morgan fingerprint density at radius 3 is 2.18 bits per heavy atom. The Balaban J connectivity index is 1.44. The highest BCUT2D eigenvalue weighted by Crippen LogP contribution is 2.60. The third-order valence-electron chi connectivity index (χ3n) is 6.90. The van der Waals surface area contributed by atoms with Gasteiger partial charge in [0, 0.05) is 12.5 Å². The lowest BCUT2D eigenvalue weighted by Crippen LogP contribution is -2.51. The summed E-state index contributed by atoms with van der Waals surface area (Å²) in [5.74, 6) is 1.48. The average molecular weight is 385 g/mol. The van der Waals surface area contributed by atoms with Crippen LogP contribution in [-0.2, 0) is 14.3 Å². The van der Waals surface area contributed by atoms with Crippen molar-refractivity contribution in [3.8, 4) is 0 Å². The smallest absolute Gasteiger partial charge is 0.413 e. The van der Waals surface area contributed by atoms with Crippen LogP contribution in [0, 0.1) is 23.2 Å². The predicted molar refractivity (Wildman–Crippen MR) is 103 cm³/mol. The van der Waals surface area contributed by atoms with Gasteiger partial charge in [-0.15, -0.1) is 0 Å². The third kappa shape index (κ3) is 3.29. The molecule has 1 amide bonds. The average Bonchev–Trinajstić information content (AvgIpc) is 2.69. The molecule has 4 aliphatic rings. The van der Waals surface area contributed by atoms with Gasteiger partial charge in [-0.25, -0.2) is 9.59 Å². The van der Waals surface area contributed by atoms with Gasteiger partial charge >= 0.3 is 12.1 Å². The van der Waals surface area contributed by atoms with Crippen LogP contribution in [0.25, 0.3) is 0 Å². The molecule has 0 radical (unpaired) electrons. The molecular formula is C22H27NO5. The lowest BCUT2D eigenvalue weighted by atomic mass is 9.48. The van der Waals surface area contributed by atoms with Crippen molar-refractivity contribution >= 4 is 23.5 Å². The van der Waals surface area contributed by atoms with Crippen LogP contribution in [0.3, 0.4) is 0 Å². The number of ketones is 1. The molecule has 0 unspecified atom stereocenters. The number of benzene rings is 1. The number of nitrogens with zero attached hydrogens (tertiary/aromatic N) is 1. The first-order valence-electron chi connectivity index (χ1n) is 10.0. The van der Waals surface area contributed by atoms with E-state index < -0.39 is 12.1 Å². The van der Waals surface area contributed by atoms with E-state index in [1.807, 2.05) is 0 Å². The molecule has 150 valence electrons. The summed E-state index contributed by atoms with van der Waals surface area (Å²) in [4.78, 5) is 38.8. The Hall–Kier alpha value is -2.37. The van der Waals surface area contributed by atoms with E-state index in [2.05, 4.69) is 0 Å². The number of anilines is 1. The second-order valence-electron chi connectivity index (χ2n) is 8.74. The number of esters is 1. The minimum absolute atomic E-state index is 0.0683. The van der Waals surface area contributed by atoms with Gasteiger partial charge in [0.15, 0.2) is 12.4 Å². The SMILES string of the molecule is COC(=O)N(C)c1ccccc1C(=O)OCC(=O)C12CC3CC(CC(C3)C1)C2. The Bertz CT molecular complexity index is 767. The molecule has 1 aromatic carbocycles. The van der Waals surface area contributed by atoms with E-state index in [4.69, 9.17) is 9.47 Å². The van der Waals surface area contributed by atoms with Gasteiger partial charge in [-0.05, 0) is 68.4 Å². The van der Waals surface area contributed by atoms with Crippen molar-refractivity contribution in [2.75, 3.05) is 25.7 Å². The lowest BCUT2D eigenvalue weighted by Gasteiger charge is -2.55. The third-order valence-corrected chi connectivity index (χ3v) is 6.90. The number of rotatable bonds is 5. The van der Waals surface area contributed by atoms with Crippen LogP contribution < -0.4 is 4.90 Å². The van der Waals surface area contributed by atoms with Crippen LogP contribution in [0.2, 0.25) is 0 Å². The molecule has 0 heterocycles. The molecule has 0 aromatic heterocycles. The van der Waals surface area contributed by atoms with Crippen LogP contribution in [-0.4, -0.2) is 38.6 Å². The largest absolute Gasteiger partial charge is 0.454 e. The Labute approximate surface area is 165 Å². The normalized spacial score (nSPS) is 30.0. The molecule has 4 saturated carbocycles. The number of Topliss-reactive ketones (excluding diaryl/α,β-unsaturated/α-hetero) is 1. The van der Waals surface area contributed by atoms with Gasteiger partial charge in [0.1, 0.15) is 0 Å². The molecule has 6 nitrogen and oxygen atoms in total. The zero-order valence-corrected chi connectivity index (χ0v) is 16.5. The van der Waals surface area contributed by atoms with Crippen LogP contribution in [0.15, 0.2) is 24.3 Å². The monoisotopic (exact) mass is 385 g/mol. The number of carbonyl (C=O) groups excluding carboxylic acids is 3. The molecule has 4 fully saturated rings. The number of amides is 1. The van der Waals surface area contributed by atoms with Crippen molar-refractivity contribution in [1.29, 1.82) is 0 Å². The van der Waals surface area contributed by atoms with Gasteiger partial charge in [-0.1, -0.05) is 12.1 Å². The van der Waals surface area contributed by atoms with Crippen LogP contribution >= 0.6 is 0 Å². The molecule has 0 saturated heterocycles. The maximum atomic E-state index is 13.0. The Morgan fingerprint density at radius 2 is 1.61 bits per heavy atom. The lowest BCUT2D eigenvalue weighted by molar-refractivity contribution is -0.147. The van der Waals surface area contributed by atoms with Gasteiger partial charge < -0.3 is 9.47 Å². The van der Waals surface area contributed by atoms with Gasteiger partial charge in [0.25, 0.3) is 0 Å². The minimum Gasteiger partial charge on any atom is -0.454 e. The van der Waals surface area contributed by atoms with Crippen LogP contribution in [0.1, 0.15) is 48.9 Å². The summed E-state index contributed by atoms with van der Waals surface area (Å²) in [6.07, 6.45) is 6.08. The second kappa shape index (κ2) is 7.22. The molecule has 5 rings (SSSR count). The highest BCUT2D eigenvalue weighted by molar-refractivity contribution is 6.01. The van der Waals surface area contributed by atoms with E-state index in [1.54, 1.807) is 24.3 Å². The predicted octanol–water partition coefficient (Wildman–Crippen LogP) is 3.83. The molecule has 4 aliphatic carbocycles. The molecule has 0 spiro atoms. The van der Waals surface area contributed by atoms with E-state index in [1.165, 1.54) is 38.3 Å². The Morgan fingerprint density at radius 1 is 1.04 bits per heavy atom. The van der Waals surface area contributed by atoms with Crippen molar-refractivity contribution in [1.82, 2.24) is 0 Å². The van der Waals surface area contributed by atoms with E-state index in [0.29, 0.717) is 23.4 Å². The summed E-state index contributed by atoms with van der Waals surface area (Å²) in [7, 11) is 2.81. The number of hydrogen-bond acceptors (Lipinski definition) is 5. The molecule has 0 atom stereocenters. The Kier molecular flexibility index (Phi) is 4.89. The quantitative estimate of drug-likeness (QED) is 0.720. The van der Waals surface area contributed by atoms with E-state index in [0.717, 1.165) is 19.3 Å². The number of hydrogen-bond donors (Lipinski definition) is 0. The maximum Gasteiger partial charge on any atom is 0.413 e. The van der Waals surface area contributed by atoms with Gasteiger partial charge in [0.05, 0.1) is 18.4 Å². The first-order chi connectivity index (χ1) is 13.4. The summed E-state index contributed by atoms with van der Waals surface area (Å²) >= 11 is 0. The summed E-state index contributed by atoms with van der Waals surface area (Å²) in [6.45, 7) is -0.193. The molecule has 4 bridgehead atoms. The fourth-order valence-corrected chi connectivity index (χ4v) is 5.99. The summed E-state index contributed by atoms with van der Waals surface area (Å²) < 4.78 is 10.1. The summed E-state index contributed by atoms with van der Waals surface area (Å²) in [5.41, 5.74) is 0.354. The number of para-hydroxylation sites is 1. The molecule has 0 N–H and O–H groups in total. The van der Waals surface area contributed by atoms with Gasteiger partial charge in [-0.2, -0.15) is 0 Å². The number of methoxy groups -OCH3 is 1. The maximum absolute atomic E-state index is 13.0. The molecule has 6 heteroatoms. The van der Waals surface area contributed by atoms with E-state index >= 15 is 0 Å². The van der Waals surface area contributed by atoms with Crippen molar-refractivity contribution in [2.45, 2.75) is 38.5 Å². The number of ether oxygens (including phenoxy) is 2. The minimum atomic E-state index is -0.593. The first kappa shape index (κ1) is 19.0. The van der Waals surface area contributed by atoms with Crippen LogP contribution in [0.4, 0.5) is 10.5 Å². The van der Waals surface area contributed by atoms with Gasteiger partial charge in [0.2, 0.25) is 0 Å². The van der Waals surface area contributed by atoms with Gasteiger partial charge in [-0.3, -0.25) is 9.69 Å².